The molecule has 0 spiro atoms. The Kier molecular flexibility index (Phi) is 6.55. The zero-order valence-electron chi connectivity index (χ0n) is 16.7. The fourth-order valence-corrected chi connectivity index (χ4v) is 4.88. The molecule has 146 valence electrons. The van der Waals surface area contributed by atoms with Crippen LogP contribution in [0, 0.1) is 6.92 Å². The Balaban J connectivity index is 0.00000225. The zero-order chi connectivity index (χ0) is 19.0. The minimum absolute atomic E-state index is 0. The van der Waals surface area contributed by atoms with Gasteiger partial charge >= 0.3 is 0 Å². The molecule has 28 heavy (non-hydrogen) atoms. The number of hydrogen-bond acceptors (Lipinski definition) is 3. The number of anilines is 1. The van der Waals surface area contributed by atoms with Crippen LogP contribution in [0.15, 0.2) is 58.5 Å². The molecule has 2 aromatic carbocycles. The molecule has 3 nitrogen and oxygen atoms in total. The smallest absolute Gasteiger partial charge is 0.213 e. The molecule has 0 aliphatic carbocycles. The van der Waals surface area contributed by atoms with E-state index < -0.39 is 0 Å². The Hall–Kier alpha value is -1.73. The highest BCUT2D eigenvalue weighted by Crippen LogP contribution is 2.47. The molecule has 0 atom stereocenters. The molecular weight excluding hydrogens is 479 g/mol. The van der Waals surface area contributed by atoms with Crippen molar-refractivity contribution < 1.29 is 33.3 Å². The molecule has 0 N–H and O–H groups in total. The number of thioether (sulfide) groups is 1. The number of methoxy groups -OCH3 is 1. The van der Waals surface area contributed by atoms with Crippen LogP contribution in [0.2, 0.25) is 0 Å². The van der Waals surface area contributed by atoms with E-state index in [0.29, 0.717) is 0 Å². The number of ether oxygens (including phenoxy) is 1. The first-order valence-corrected chi connectivity index (χ1v) is 10.2. The van der Waals surface area contributed by atoms with Crippen molar-refractivity contribution in [2.24, 2.45) is 0 Å². The van der Waals surface area contributed by atoms with E-state index in [1.807, 2.05) is 17.8 Å². The standard InChI is InChI=1S/C23H25N2OS.HI/c1-5-24-18(10-9-17-8-7-16(3)13-21(17)24)14-23-25(6-2)20-12-11-19(26-4)15-22(20)27-23;/h7-15H,5-6H2,1-4H3;1H/q+1;/p-1. The largest absolute Gasteiger partial charge is 1.00 e. The van der Waals surface area contributed by atoms with Crippen LogP contribution in [-0.4, -0.2) is 13.7 Å². The van der Waals surface area contributed by atoms with Crippen molar-refractivity contribution >= 4 is 34.4 Å². The van der Waals surface area contributed by atoms with Crippen LogP contribution in [0.25, 0.3) is 17.0 Å². The number of pyridine rings is 1. The molecule has 0 bridgehead atoms. The van der Waals surface area contributed by atoms with E-state index in [1.54, 1.807) is 7.11 Å². The third kappa shape index (κ3) is 3.74. The van der Waals surface area contributed by atoms with E-state index in [-0.39, 0.29) is 24.0 Å². The Morgan fingerprint density at radius 2 is 1.86 bits per heavy atom. The fourth-order valence-electron chi connectivity index (χ4n) is 3.68. The SMILES string of the molecule is CCN1/C(=C/c2ccc3ccc(C)cc3[n+]2CC)Sc2cc(OC)ccc21.[I-]. The summed E-state index contributed by atoms with van der Waals surface area (Å²) in [5.74, 6) is 0.906. The first-order valence-electron chi connectivity index (χ1n) is 9.43. The Bertz CT molecular complexity index is 1050. The van der Waals surface area contributed by atoms with Crippen LogP contribution in [0.4, 0.5) is 5.69 Å². The van der Waals surface area contributed by atoms with Crippen LogP contribution >= 0.6 is 11.8 Å². The van der Waals surface area contributed by atoms with E-state index >= 15 is 0 Å². The molecule has 0 radical (unpaired) electrons. The maximum atomic E-state index is 5.40. The van der Waals surface area contributed by atoms with Crippen LogP contribution < -0.4 is 38.2 Å². The minimum atomic E-state index is 0. The van der Waals surface area contributed by atoms with E-state index in [4.69, 9.17) is 4.74 Å². The summed E-state index contributed by atoms with van der Waals surface area (Å²) < 4.78 is 7.80. The quantitative estimate of drug-likeness (QED) is 0.401. The van der Waals surface area contributed by atoms with Crippen LogP contribution in [0.3, 0.4) is 0 Å². The van der Waals surface area contributed by atoms with E-state index in [1.165, 1.54) is 37.8 Å². The number of hydrogen-bond donors (Lipinski definition) is 0. The summed E-state index contributed by atoms with van der Waals surface area (Å²) in [5.41, 5.74) is 5.07. The summed E-state index contributed by atoms with van der Waals surface area (Å²) in [6.07, 6.45) is 2.31. The number of halogens is 1. The number of aromatic nitrogens is 1. The second-order valence-electron chi connectivity index (χ2n) is 6.73. The predicted octanol–water partition coefficient (Wildman–Crippen LogP) is 2.40. The molecular formula is C23H25IN2OS. The summed E-state index contributed by atoms with van der Waals surface area (Å²) in [6.45, 7) is 8.45. The number of benzene rings is 2. The summed E-state index contributed by atoms with van der Waals surface area (Å²) in [7, 11) is 1.72. The zero-order valence-corrected chi connectivity index (χ0v) is 19.7. The highest BCUT2D eigenvalue weighted by Gasteiger charge is 2.26. The van der Waals surface area contributed by atoms with Crippen LogP contribution in [0.1, 0.15) is 25.1 Å². The first kappa shape index (κ1) is 21.0. The summed E-state index contributed by atoms with van der Waals surface area (Å²) in [4.78, 5) is 3.63. The summed E-state index contributed by atoms with van der Waals surface area (Å²) in [6, 6.07) is 17.4. The lowest BCUT2D eigenvalue weighted by molar-refractivity contribution is -0.669. The van der Waals surface area contributed by atoms with E-state index in [0.717, 1.165) is 18.8 Å². The molecule has 0 amide bonds. The number of nitrogens with zero attached hydrogens (tertiary/aromatic N) is 2. The van der Waals surface area contributed by atoms with Gasteiger partial charge in [-0.05, 0) is 56.7 Å². The van der Waals surface area contributed by atoms with Crippen molar-refractivity contribution in [2.45, 2.75) is 32.2 Å². The molecule has 5 heteroatoms. The lowest BCUT2D eigenvalue weighted by atomic mass is 10.1. The molecule has 0 saturated carbocycles. The van der Waals surface area contributed by atoms with E-state index in [9.17, 15) is 0 Å². The average Bonchev–Trinajstić information content (AvgIpc) is 3.03. The molecule has 4 rings (SSSR count). The summed E-state index contributed by atoms with van der Waals surface area (Å²) >= 11 is 1.81. The molecule has 0 unspecified atom stereocenters. The van der Waals surface area contributed by atoms with Crippen molar-refractivity contribution in [1.29, 1.82) is 0 Å². The maximum Gasteiger partial charge on any atom is 0.213 e. The van der Waals surface area contributed by atoms with Gasteiger partial charge in [-0.3, -0.25) is 0 Å². The van der Waals surface area contributed by atoms with E-state index in [2.05, 4.69) is 78.8 Å². The molecule has 0 saturated heterocycles. The van der Waals surface area contributed by atoms with Gasteiger partial charge in [-0.25, -0.2) is 0 Å². The fraction of sp³-hybridized carbons (Fsp3) is 0.261. The Morgan fingerprint density at radius 3 is 2.57 bits per heavy atom. The second-order valence-corrected chi connectivity index (χ2v) is 7.79. The first-order chi connectivity index (χ1) is 13.1. The van der Waals surface area contributed by atoms with Crippen molar-refractivity contribution in [2.75, 3.05) is 18.6 Å². The van der Waals surface area contributed by atoms with Gasteiger partial charge in [0.2, 0.25) is 11.2 Å². The molecule has 2 heterocycles. The van der Waals surface area contributed by atoms with Gasteiger partial charge in [-0.15, -0.1) is 0 Å². The highest BCUT2D eigenvalue weighted by atomic mass is 127. The third-order valence-electron chi connectivity index (χ3n) is 5.06. The van der Waals surface area contributed by atoms with Crippen LogP contribution in [0.5, 0.6) is 5.75 Å². The Morgan fingerprint density at radius 1 is 1.07 bits per heavy atom. The van der Waals surface area contributed by atoms with Crippen molar-refractivity contribution in [3.8, 4) is 5.75 Å². The number of fused-ring (bicyclic) bond motifs is 2. The van der Waals surface area contributed by atoms with Gasteiger partial charge in [0.05, 0.1) is 17.8 Å². The minimum Gasteiger partial charge on any atom is -1.00 e. The van der Waals surface area contributed by atoms with Gasteiger partial charge in [-0.1, -0.05) is 17.8 Å². The van der Waals surface area contributed by atoms with Gasteiger partial charge in [0.1, 0.15) is 12.3 Å². The lowest BCUT2D eigenvalue weighted by Gasteiger charge is -2.18. The molecule has 3 aromatic rings. The molecule has 1 aliphatic heterocycles. The number of rotatable bonds is 4. The van der Waals surface area contributed by atoms with Crippen molar-refractivity contribution in [3.63, 3.8) is 0 Å². The van der Waals surface area contributed by atoms with Gasteiger partial charge in [0.15, 0.2) is 0 Å². The maximum absolute atomic E-state index is 5.40. The van der Waals surface area contributed by atoms with Crippen molar-refractivity contribution in [3.05, 3.63) is 64.8 Å². The average molecular weight is 504 g/mol. The number of aryl methyl sites for hydroxylation is 2. The Labute approximate surface area is 188 Å². The normalized spacial score (nSPS) is 14.3. The highest BCUT2D eigenvalue weighted by molar-refractivity contribution is 8.03. The van der Waals surface area contributed by atoms with Gasteiger partial charge in [0.25, 0.3) is 0 Å². The predicted molar refractivity (Wildman–Crippen MR) is 114 cm³/mol. The third-order valence-corrected chi connectivity index (χ3v) is 6.16. The monoisotopic (exact) mass is 504 g/mol. The van der Waals surface area contributed by atoms with Crippen LogP contribution in [-0.2, 0) is 6.54 Å². The second kappa shape index (κ2) is 8.74. The lowest BCUT2D eigenvalue weighted by Crippen LogP contribution is -3.00. The van der Waals surface area contributed by atoms with Gasteiger partial charge < -0.3 is 33.6 Å². The summed E-state index contributed by atoms with van der Waals surface area (Å²) in [5, 5.41) is 2.54. The van der Waals surface area contributed by atoms with Gasteiger partial charge in [0, 0.05) is 35.0 Å². The molecule has 1 aromatic heterocycles. The molecule has 0 fully saturated rings. The topological polar surface area (TPSA) is 16.4 Å². The van der Waals surface area contributed by atoms with Gasteiger partial charge in [-0.2, -0.15) is 4.57 Å². The molecule has 1 aliphatic rings. The van der Waals surface area contributed by atoms with Crippen molar-refractivity contribution in [1.82, 2.24) is 0 Å².